The lowest BCUT2D eigenvalue weighted by atomic mass is 9.97. The molecule has 3 N–H and O–H groups in total. The van der Waals surface area contributed by atoms with E-state index in [1.54, 1.807) is 23.5 Å². The molecular weight excluding hydrogens is 394 g/mol. The molecule has 2 heterocycles. The average molecular weight is 416 g/mol. The summed E-state index contributed by atoms with van der Waals surface area (Å²) in [6.45, 7) is 0.160. The molecule has 28 heavy (non-hydrogen) atoms. The Balaban J connectivity index is 1.47. The maximum Gasteiger partial charge on any atom is 0.260 e. The number of aryl methyl sites for hydroxylation is 2. The molecule has 1 aromatic carbocycles. The maximum atomic E-state index is 12.6. The number of aromatic amines is 1. The van der Waals surface area contributed by atoms with Crippen LogP contribution in [0.5, 0.6) is 0 Å². The van der Waals surface area contributed by atoms with Gasteiger partial charge in [0.1, 0.15) is 4.83 Å². The van der Waals surface area contributed by atoms with E-state index in [0.717, 1.165) is 35.0 Å². The van der Waals surface area contributed by atoms with Gasteiger partial charge >= 0.3 is 0 Å². The van der Waals surface area contributed by atoms with Crippen molar-refractivity contribution in [2.24, 2.45) is 0 Å². The van der Waals surface area contributed by atoms with Gasteiger partial charge in [-0.3, -0.25) is 9.59 Å². The third kappa shape index (κ3) is 3.99. The van der Waals surface area contributed by atoms with E-state index in [2.05, 4.69) is 15.3 Å². The zero-order valence-corrected chi connectivity index (χ0v) is 16.9. The summed E-state index contributed by atoms with van der Waals surface area (Å²) in [6.07, 6.45) is 4.36. The van der Waals surface area contributed by atoms with Crippen molar-refractivity contribution in [1.82, 2.24) is 15.3 Å². The Hall–Kier alpha value is -2.16. The number of nitrogens with one attached hydrogen (secondary N) is 2. The molecular formula is C20H21N3O3S2. The number of benzene rings is 1. The Morgan fingerprint density at radius 2 is 2.04 bits per heavy atom. The number of carbonyl (C=O) groups is 1. The fourth-order valence-corrected chi connectivity index (χ4v) is 5.52. The minimum Gasteiger partial charge on any atom is -0.395 e. The van der Waals surface area contributed by atoms with Crippen molar-refractivity contribution in [3.63, 3.8) is 0 Å². The molecule has 6 nitrogen and oxygen atoms in total. The van der Waals surface area contributed by atoms with Crippen molar-refractivity contribution in [3.05, 3.63) is 56.2 Å². The van der Waals surface area contributed by atoms with E-state index < -0.39 is 0 Å². The van der Waals surface area contributed by atoms with Gasteiger partial charge in [-0.05, 0) is 48.9 Å². The highest BCUT2D eigenvalue weighted by Gasteiger charge is 2.19. The number of hydrogen-bond acceptors (Lipinski definition) is 6. The molecule has 0 spiro atoms. The topological polar surface area (TPSA) is 95.1 Å². The van der Waals surface area contributed by atoms with E-state index in [-0.39, 0.29) is 24.6 Å². The van der Waals surface area contributed by atoms with Crippen molar-refractivity contribution in [1.29, 1.82) is 0 Å². The molecule has 3 aromatic rings. The number of hydrogen-bond donors (Lipinski definition) is 3. The number of thioether (sulfide) groups is 1. The standard InChI is InChI=1S/C20H21N3O3S2/c24-10-9-21-17(25)13-7-5-12(6-8-13)11-27-20-22-18(26)16-14-3-1-2-4-15(14)28-19(16)23-20/h5-8,24H,1-4,9-11H2,(H,21,25)(H,22,23,26). The van der Waals surface area contributed by atoms with Gasteiger partial charge < -0.3 is 15.4 Å². The molecule has 0 bridgehead atoms. The molecule has 2 aromatic heterocycles. The van der Waals surface area contributed by atoms with Crippen molar-refractivity contribution in [2.45, 2.75) is 36.6 Å². The molecule has 0 unspecified atom stereocenters. The van der Waals surface area contributed by atoms with Crippen molar-refractivity contribution >= 4 is 39.2 Å². The number of thiophene rings is 1. The number of aliphatic hydroxyl groups is 1. The highest BCUT2D eigenvalue weighted by Crippen LogP contribution is 2.34. The number of nitrogens with zero attached hydrogens (tertiary/aromatic N) is 1. The van der Waals surface area contributed by atoms with Crippen molar-refractivity contribution in [3.8, 4) is 0 Å². The van der Waals surface area contributed by atoms with Crippen molar-refractivity contribution in [2.75, 3.05) is 13.2 Å². The van der Waals surface area contributed by atoms with Crippen LogP contribution in [-0.2, 0) is 18.6 Å². The number of fused-ring (bicyclic) bond motifs is 3. The molecule has 146 valence electrons. The van der Waals surface area contributed by atoms with Crippen LogP contribution in [0.1, 0.15) is 39.2 Å². The molecule has 1 amide bonds. The van der Waals surface area contributed by atoms with Crippen molar-refractivity contribution < 1.29 is 9.90 Å². The summed E-state index contributed by atoms with van der Waals surface area (Å²) in [6, 6.07) is 7.30. The predicted molar refractivity (Wildman–Crippen MR) is 112 cm³/mol. The SMILES string of the molecule is O=C(NCCO)c1ccc(CSc2nc3sc4c(c3c(=O)[nH]2)CCCC4)cc1. The molecule has 1 aliphatic rings. The first kappa shape index (κ1) is 19.2. The Bertz CT molecular complexity index is 1060. The van der Waals surface area contributed by atoms with Gasteiger partial charge in [0.05, 0.1) is 12.0 Å². The first-order valence-corrected chi connectivity index (χ1v) is 11.1. The Morgan fingerprint density at radius 1 is 1.25 bits per heavy atom. The van der Waals surface area contributed by atoms with E-state index in [1.807, 2.05) is 12.1 Å². The first-order valence-electron chi connectivity index (χ1n) is 9.31. The van der Waals surface area contributed by atoms with Gasteiger partial charge in [-0.2, -0.15) is 0 Å². The quantitative estimate of drug-likeness (QED) is 0.425. The van der Waals surface area contributed by atoms with Crippen LogP contribution in [0.25, 0.3) is 10.2 Å². The fourth-order valence-electron chi connectivity index (χ4n) is 3.39. The Morgan fingerprint density at radius 3 is 2.82 bits per heavy atom. The summed E-state index contributed by atoms with van der Waals surface area (Å²) in [5.74, 6) is 0.448. The number of H-pyrrole nitrogens is 1. The summed E-state index contributed by atoms with van der Waals surface area (Å²) >= 11 is 3.14. The predicted octanol–water partition coefficient (Wildman–Crippen LogP) is 2.88. The summed E-state index contributed by atoms with van der Waals surface area (Å²) in [5, 5.41) is 12.8. The maximum absolute atomic E-state index is 12.6. The van der Waals surface area contributed by atoms with Gasteiger partial charge in [-0.25, -0.2) is 4.98 Å². The summed E-state index contributed by atoms with van der Waals surface area (Å²) in [4.78, 5) is 34.2. The summed E-state index contributed by atoms with van der Waals surface area (Å²) < 4.78 is 0. The second-order valence-corrected chi connectivity index (χ2v) is 8.77. The first-order chi connectivity index (χ1) is 13.7. The lowest BCUT2D eigenvalue weighted by Gasteiger charge is -2.09. The minimum absolute atomic E-state index is 0.0391. The molecule has 0 radical (unpaired) electrons. The van der Waals surface area contributed by atoms with E-state index in [1.165, 1.54) is 28.6 Å². The average Bonchev–Trinajstić information content (AvgIpc) is 3.09. The highest BCUT2D eigenvalue weighted by atomic mass is 32.2. The number of carbonyl (C=O) groups excluding carboxylic acids is 1. The normalized spacial score (nSPS) is 13.5. The van der Waals surface area contributed by atoms with Gasteiger partial charge in [0.15, 0.2) is 5.16 Å². The van der Waals surface area contributed by atoms with Gasteiger partial charge in [0, 0.05) is 22.7 Å². The molecule has 0 fully saturated rings. The van der Waals surface area contributed by atoms with Gasteiger partial charge in [-0.1, -0.05) is 23.9 Å². The third-order valence-corrected chi connectivity index (χ3v) is 6.92. The van der Waals surface area contributed by atoms with Crippen LogP contribution in [0.15, 0.2) is 34.2 Å². The molecule has 8 heteroatoms. The molecule has 0 saturated carbocycles. The molecule has 0 aliphatic heterocycles. The van der Waals surface area contributed by atoms with Gasteiger partial charge in [0.25, 0.3) is 11.5 Å². The highest BCUT2D eigenvalue weighted by molar-refractivity contribution is 7.98. The number of amides is 1. The van der Waals surface area contributed by atoms with E-state index in [9.17, 15) is 9.59 Å². The van der Waals surface area contributed by atoms with Crippen LogP contribution >= 0.6 is 23.1 Å². The molecule has 0 saturated heterocycles. The number of aromatic nitrogens is 2. The fraction of sp³-hybridized carbons (Fsp3) is 0.350. The minimum atomic E-state index is -0.202. The monoisotopic (exact) mass is 415 g/mol. The number of aliphatic hydroxyl groups excluding tert-OH is 1. The van der Waals surface area contributed by atoms with E-state index in [4.69, 9.17) is 5.11 Å². The summed E-state index contributed by atoms with van der Waals surface area (Å²) in [7, 11) is 0. The van der Waals surface area contributed by atoms with Gasteiger partial charge in [0.2, 0.25) is 0 Å². The van der Waals surface area contributed by atoms with Crippen LogP contribution in [0.2, 0.25) is 0 Å². The lowest BCUT2D eigenvalue weighted by Crippen LogP contribution is -2.26. The Kier molecular flexibility index (Phi) is 5.79. The zero-order chi connectivity index (χ0) is 19.5. The largest absolute Gasteiger partial charge is 0.395 e. The second kappa shape index (κ2) is 8.46. The summed E-state index contributed by atoms with van der Waals surface area (Å²) in [5.41, 5.74) is 2.76. The number of rotatable bonds is 6. The van der Waals surface area contributed by atoms with E-state index >= 15 is 0 Å². The smallest absolute Gasteiger partial charge is 0.260 e. The third-order valence-electron chi connectivity index (χ3n) is 4.79. The lowest BCUT2D eigenvalue weighted by molar-refractivity contribution is 0.0945. The van der Waals surface area contributed by atoms with E-state index in [0.29, 0.717) is 16.5 Å². The molecule has 1 aliphatic carbocycles. The van der Waals surface area contributed by atoms with Crippen LogP contribution < -0.4 is 10.9 Å². The molecule has 0 atom stereocenters. The Labute approximate surface area is 170 Å². The van der Waals surface area contributed by atoms with Crippen LogP contribution in [0.4, 0.5) is 0 Å². The van der Waals surface area contributed by atoms with Gasteiger partial charge in [-0.15, -0.1) is 11.3 Å². The van der Waals surface area contributed by atoms with Crippen LogP contribution in [-0.4, -0.2) is 34.1 Å². The second-order valence-electron chi connectivity index (χ2n) is 6.73. The van der Waals surface area contributed by atoms with Crippen LogP contribution in [0.3, 0.4) is 0 Å². The zero-order valence-electron chi connectivity index (χ0n) is 15.3. The molecule has 4 rings (SSSR count). The van der Waals surface area contributed by atoms with Crippen LogP contribution in [0, 0.1) is 0 Å².